The minimum Gasteiger partial charge on any atom is -0.460 e. The van der Waals surface area contributed by atoms with Crippen LogP contribution in [0.15, 0.2) is 12.2 Å². The third-order valence-corrected chi connectivity index (χ3v) is 3.22. The highest BCUT2D eigenvalue weighted by atomic mass is 16.5. The summed E-state index contributed by atoms with van der Waals surface area (Å²) in [5.74, 6) is -0.404. The molecule has 0 aliphatic carbocycles. The molecule has 18 heavy (non-hydrogen) atoms. The molecule has 4 heteroatoms. The van der Waals surface area contributed by atoms with E-state index in [2.05, 4.69) is 0 Å². The molecule has 0 aromatic rings. The number of cyclic esters (lactones) is 1. The van der Waals surface area contributed by atoms with E-state index in [0.717, 1.165) is 32.1 Å². The average molecular weight is 256 g/mol. The standard InChI is InChI=1S/C14H24O4/c1-11-5-3-2-4-6-12(15)7-8-13(16)9-10-14(17)18-11/h9-13,15-16H,2-8H2,1H3/b10-9-/t11-,12-,13-/m0/s1. The zero-order valence-corrected chi connectivity index (χ0v) is 11.0. The lowest BCUT2D eigenvalue weighted by Crippen LogP contribution is -2.15. The molecule has 0 amide bonds. The molecular weight excluding hydrogens is 232 g/mol. The molecule has 0 aromatic carbocycles. The number of carbonyl (C=O) groups excluding carboxylic acids is 1. The van der Waals surface area contributed by atoms with Gasteiger partial charge in [-0.3, -0.25) is 0 Å². The smallest absolute Gasteiger partial charge is 0.330 e. The fourth-order valence-electron chi connectivity index (χ4n) is 2.08. The van der Waals surface area contributed by atoms with Gasteiger partial charge in [0.25, 0.3) is 0 Å². The first-order chi connectivity index (χ1) is 8.58. The maximum absolute atomic E-state index is 11.4. The molecule has 0 unspecified atom stereocenters. The van der Waals surface area contributed by atoms with Gasteiger partial charge in [0.15, 0.2) is 0 Å². The van der Waals surface area contributed by atoms with Crippen LogP contribution in [0.3, 0.4) is 0 Å². The van der Waals surface area contributed by atoms with Crippen LogP contribution in [0.2, 0.25) is 0 Å². The summed E-state index contributed by atoms with van der Waals surface area (Å²) < 4.78 is 5.18. The molecule has 104 valence electrons. The van der Waals surface area contributed by atoms with Crippen LogP contribution in [0.5, 0.6) is 0 Å². The van der Waals surface area contributed by atoms with Crippen LogP contribution >= 0.6 is 0 Å². The minimum atomic E-state index is -0.689. The zero-order chi connectivity index (χ0) is 13.4. The van der Waals surface area contributed by atoms with Gasteiger partial charge in [-0.15, -0.1) is 0 Å². The van der Waals surface area contributed by atoms with Crippen molar-refractivity contribution in [2.75, 3.05) is 0 Å². The van der Waals surface area contributed by atoms with Crippen molar-refractivity contribution in [1.82, 2.24) is 0 Å². The van der Waals surface area contributed by atoms with E-state index in [1.807, 2.05) is 6.92 Å². The highest BCUT2D eigenvalue weighted by Gasteiger charge is 2.11. The predicted octanol–water partition coefficient (Wildman–Crippen LogP) is 1.94. The van der Waals surface area contributed by atoms with E-state index in [9.17, 15) is 15.0 Å². The SMILES string of the molecule is C[C@H]1CCCCC[C@H](O)CC[C@H](O)/C=C\C(=O)O1. The van der Waals surface area contributed by atoms with Crippen LogP contribution < -0.4 is 0 Å². The van der Waals surface area contributed by atoms with Crippen LogP contribution in [-0.2, 0) is 9.53 Å². The minimum absolute atomic E-state index is 0.0906. The number of aliphatic hydroxyl groups excluding tert-OH is 2. The van der Waals surface area contributed by atoms with Gasteiger partial charge in [0.2, 0.25) is 0 Å². The summed E-state index contributed by atoms with van der Waals surface area (Å²) in [6.45, 7) is 1.88. The van der Waals surface area contributed by atoms with Crippen molar-refractivity contribution in [1.29, 1.82) is 0 Å². The second-order valence-electron chi connectivity index (χ2n) is 5.04. The number of rotatable bonds is 0. The topological polar surface area (TPSA) is 66.8 Å². The summed E-state index contributed by atoms with van der Waals surface area (Å²) in [6.07, 6.45) is 7.28. The Kier molecular flexibility index (Phi) is 6.98. The molecule has 1 rings (SSSR count). The monoisotopic (exact) mass is 256 g/mol. The van der Waals surface area contributed by atoms with Crippen LogP contribution in [-0.4, -0.2) is 34.5 Å². The van der Waals surface area contributed by atoms with E-state index in [4.69, 9.17) is 4.74 Å². The molecule has 3 atom stereocenters. The first-order valence-electron chi connectivity index (χ1n) is 6.83. The number of ether oxygens (including phenoxy) is 1. The van der Waals surface area contributed by atoms with E-state index in [1.165, 1.54) is 12.2 Å². The van der Waals surface area contributed by atoms with Crippen molar-refractivity contribution in [2.24, 2.45) is 0 Å². The Morgan fingerprint density at radius 3 is 2.61 bits per heavy atom. The fraction of sp³-hybridized carbons (Fsp3) is 0.786. The van der Waals surface area contributed by atoms with Gasteiger partial charge >= 0.3 is 5.97 Å². The number of hydrogen-bond donors (Lipinski definition) is 2. The normalized spacial score (nSPS) is 34.4. The highest BCUT2D eigenvalue weighted by Crippen LogP contribution is 2.14. The molecule has 2 N–H and O–H groups in total. The Morgan fingerprint density at radius 2 is 1.83 bits per heavy atom. The molecule has 0 aromatic heterocycles. The van der Waals surface area contributed by atoms with Crippen LogP contribution in [0.25, 0.3) is 0 Å². The lowest BCUT2D eigenvalue weighted by Gasteiger charge is -2.15. The summed E-state index contributed by atoms with van der Waals surface area (Å²) in [5, 5.41) is 19.3. The first kappa shape index (κ1) is 15.2. The molecule has 0 saturated heterocycles. The van der Waals surface area contributed by atoms with Crippen LogP contribution in [0, 0.1) is 0 Å². The molecule has 1 aliphatic rings. The van der Waals surface area contributed by atoms with Crippen molar-refractivity contribution >= 4 is 5.97 Å². The Hall–Kier alpha value is -0.870. The second kappa shape index (κ2) is 8.27. The summed E-state index contributed by atoms with van der Waals surface area (Å²) in [4.78, 5) is 11.4. The molecule has 0 fully saturated rings. The molecule has 1 aliphatic heterocycles. The fourth-order valence-corrected chi connectivity index (χ4v) is 2.08. The van der Waals surface area contributed by atoms with E-state index >= 15 is 0 Å². The van der Waals surface area contributed by atoms with Gasteiger partial charge in [-0.1, -0.05) is 12.8 Å². The number of carbonyl (C=O) groups is 1. The van der Waals surface area contributed by atoms with Gasteiger partial charge in [-0.2, -0.15) is 0 Å². The lowest BCUT2D eigenvalue weighted by atomic mass is 10.0. The van der Waals surface area contributed by atoms with Crippen LogP contribution in [0.4, 0.5) is 0 Å². The van der Waals surface area contributed by atoms with Gasteiger partial charge in [0.05, 0.1) is 18.3 Å². The van der Waals surface area contributed by atoms with E-state index in [1.54, 1.807) is 0 Å². The van der Waals surface area contributed by atoms with E-state index in [-0.39, 0.29) is 12.2 Å². The Bertz CT molecular complexity index is 275. The largest absolute Gasteiger partial charge is 0.460 e. The van der Waals surface area contributed by atoms with Gasteiger partial charge in [-0.05, 0) is 45.1 Å². The van der Waals surface area contributed by atoms with Gasteiger partial charge in [0, 0.05) is 6.08 Å². The molecular formula is C14H24O4. The van der Waals surface area contributed by atoms with Crippen molar-refractivity contribution in [3.8, 4) is 0 Å². The van der Waals surface area contributed by atoms with Crippen LogP contribution in [0.1, 0.15) is 51.9 Å². The van der Waals surface area contributed by atoms with E-state index < -0.39 is 12.1 Å². The number of hydrogen-bond acceptors (Lipinski definition) is 4. The van der Waals surface area contributed by atoms with Crippen molar-refractivity contribution < 1.29 is 19.7 Å². The third kappa shape index (κ3) is 6.77. The summed E-state index contributed by atoms with van der Waals surface area (Å²) in [5.41, 5.74) is 0. The predicted molar refractivity (Wildman–Crippen MR) is 69.0 cm³/mol. The maximum atomic E-state index is 11.4. The van der Waals surface area contributed by atoms with Gasteiger partial charge < -0.3 is 14.9 Å². The molecule has 1 heterocycles. The van der Waals surface area contributed by atoms with Crippen molar-refractivity contribution in [3.05, 3.63) is 12.2 Å². The van der Waals surface area contributed by atoms with E-state index in [0.29, 0.717) is 12.8 Å². The summed E-state index contributed by atoms with van der Waals surface area (Å²) in [7, 11) is 0. The second-order valence-corrected chi connectivity index (χ2v) is 5.04. The quantitative estimate of drug-likeness (QED) is 0.650. The Balaban J connectivity index is 2.51. The van der Waals surface area contributed by atoms with Crippen molar-refractivity contribution in [3.63, 3.8) is 0 Å². The molecule has 4 nitrogen and oxygen atoms in total. The molecule has 0 radical (unpaired) electrons. The summed E-state index contributed by atoms with van der Waals surface area (Å²) in [6, 6.07) is 0. The lowest BCUT2D eigenvalue weighted by molar-refractivity contribution is -0.142. The number of aliphatic hydroxyl groups is 2. The summed E-state index contributed by atoms with van der Waals surface area (Å²) >= 11 is 0. The molecule has 0 bridgehead atoms. The zero-order valence-electron chi connectivity index (χ0n) is 11.0. The maximum Gasteiger partial charge on any atom is 0.330 e. The van der Waals surface area contributed by atoms with Crippen molar-refractivity contribution in [2.45, 2.75) is 70.2 Å². The average Bonchev–Trinajstić information content (AvgIpc) is 2.32. The third-order valence-electron chi connectivity index (χ3n) is 3.22. The Labute approximate surface area is 109 Å². The number of esters is 1. The van der Waals surface area contributed by atoms with Gasteiger partial charge in [-0.25, -0.2) is 4.79 Å². The molecule has 0 spiro atoms. The molecule has 0 saturated carbocycles. The van der Waals surface area contributed by atoms with Gasteiger partial charge in [0.1, 0.15) is 0 Å². The Morgan fingerprint density at radius 1 is 1.11 bits per heavy atom. The highest BCUT2D eigenvalue weighted by molar-refractivity contribution is 5.82. The first-order valence-corrected chi connectivity index (χ1v) is 6.83.